The van der Waals surface area contributed by atoms with Gasteiger partial charge in [-0.05, 0) is 25.0 Å². The summed E-state index contributed by atoms with van der Waals surface area (Å²) in [7, 11) is 0. The van der Waals surface area contributed by atoms with Gasteiger partial charge < -0.3 is 16.0 Å². The molecule has 0 aliphatic carbocycles. The predicted molar refractivity (Wildman–Crippen MR) is 120 cm³/mol. The molecule has 3 N–H and O–H groups in total. The molecule has 1 amide bonds. The molecule has 3 aliphatic rings. The number of halogens is 2. The Kier molecular flexibility index (Phi) is 5.59. The highest BCUT2D eigenvalue weighted by Gasteiger charge is 2.52. The average Bonchev–Trinajstić information content (AvgIpc) is 3.30. The Balaban J connectivity index is 1.54. The van der Waals surface area contributed by atoms with Gasteiger partial charge in [-0.15, -0.1) is 11.3 Å². The van der Waals surface area contributed by atoms with Gasteiger partial charge in [0, 0.05) is 65.4 Å². The number of piperidine rings is 1. The number of hydrogen-bond acceptors (Lipinski definition) is 5. The highest BCUT2D eigenvalue weighted by atomic mass is 127. The molecule has 2 unspecified atom stereocenters. The van der Waals surface area contributed by atoms with Crippen LogP contribution in [-0.2, 0) is 0 Å². The number of allylic oxidation sites excluding steroid dienone is 4. The molecule has 2 saturated heterocycles. The molecule has 1 aromatic heterocycles. The zero-order chi connectivity index (χ0) is 19.7. The number of amides is 1. The van der Waals surface area contributed by atoms with Crippen LogP contribution in [0.2, 0.25) is 0 Å². The van der Waals surface area contributed by atoms with Gasteiger partial charge >= 0.3 is 0 Å². The number of carbonyl (C=O) groups is 1. The summed E-state index contributed by atoms with van der Waals surface area (Å²) in [4.78, 5) is 16.0. The van der Waals surface area contributed by atoms with E-state index in [4.69, 9.17) is 5.73 Å². The number of nitrogens with zero attached hydrogens (tertiary/aromatic N) is 2. The lowest BCUT2D eigenvalue weighted by molar-refractivity contribution is 0.0254. The maximum absolute atomic E-state index is 15.7. The molecule has 0 radical (unpaired) electrons. The Morgan fingerprint density at radius 2 is 2.18 bits per heavy atom. The Morgan fingerprint density at radius 3 is 2.79 bits per heavy atom. The summed E-state index contributed by atoms with van der Waals surface area (Å²) >= 11 is 3.37. The van der Waals surface area contributed by atoms with Gasteiger partial charge in [0.05, 0.1) is 28.4 Å². The number of alkyl halides is 1. The van der Waals surface area contributed by atoms with E-state index < -0.39 is 5.67 Å². The molecule has 28 heavy (non-hydrogen) atoms. The van der Waals surface area contributed by atoms with Gasteiger partial charge in [0.2, 0.25) is 0 Å². The van der Waals surface area contributed by atoms with Gasteiger partial charge in [0.15, 0.2) is 5.67 Å². The third-order valence-electron chi connectivity index (χ3n) is 5.76. The Labute approximate surface area is 181 Å². The summed E-state index contributed by atoms with van der Waals surface area (Å²) in [6.07, 6.45) is 11.3. The van der Waals surface area contributed by atoms with Gasteiger partial charge in [0.25, 0.3) is 5.91 Å². The molecular formula is C20H22FIN4OS. The Hall–Kier alpha value is -1.68. The predicted octanol–water partition coefficient (Wildman–Crippen LogP) is 3.99. The molecule has 8 heteroatoms. The van der Waals surface area contributed by atoms with Crippen LogP contribution in [0.4, 0.5) is 4.39 Å². The number of carbonyl (C=O) groups excluding carboxylic acids is 1. The van der Waals surface area contributed by atoms with Crippen molar-refractivity contribution in [3.05, 3.63) is 52.0 Å². The molecule has 5 nitrogen and oxygen atoms in total. The highest BCUT2D eigenvalue weighted by Crippen LogP contribution is 2.46. The second-order valence-electron chi connectivity index (χ2n) is 7.41. The monoisotopic (exact) mass is 512 g/mol. The minimum absolute atomic E-state index is 0.00897. The first-order chi connectivity index (χ1) is 13.6. The van der Waals surface area contributed by atoms with Gasteiger partial charge in [0.1, 0.15) is 0 Å². The van der Waals surface area contributed by atoms with Crippen LogP contribution in [0.15, 0.2) is 44.8 Å². The lowest BCUT2D eigenvalue weighted by Gasteiger charge is -2.43. The van der Waals surface area contributed by atoms with Crippen molar-refractivity contribution in [2.45, 2.75) is 43.4 Å². The molecule has 2 fully saturated rings. The van der Waals surface area contributed by atoms with Crippen LogP contribution in [0.25, 0.3) is 5.57 Å². The number of nitrogens with two attached hydrogens (primary N) is 1. The number of dihydropyridines is 1. The first-order valence-corrected chi connectivity index (χ1v) is 11.2. The fourth-order valence-electron chi connectivity index (χ4n) is 4.50. The third-order valence-corrected chi connectivity index (χ3v) is 7.02. The number of nitrogens with one attached hydrogen (secondary N) is 1. The van der Waals surface area contributed by atoms with Crippen molar-refractivity contribution >= 4 is 51.9 Å². The second-order valence-corrected chi connectivity index (χ2v) is 8.88. The van der Waals surface area contributed by atoms with Crippen molar-refractivity contribution in [3.8, 4) is 0 Å². The van der Waals surface area contributed by atoms with E-state index >= 15 is 4.39 Å². The molecule has 148 valence electrons. The maximum atomic E-state index is 15.7. The fourth-order valence-corrected chi connectivity index (χ4v) is 5.68. The van der Waals surface area contributed by atoms with Crippen LogP contribution in [0.1, 0.15) is 40.9 Å². The van der Waals surface area contributed by atoms with Crippen molar-refractivity contribution in [2.24, 2.45) is 8.94 Å². The topological polar surface area (TPSA) is 70.7 Å². The zero-order valence-corrected chi connectivity index (χ0v) is 18.2. The van der Waals surface area contributed by atoms with Crippen LogP contribution in [0.3, 0.4) is 0 Å². The summed E-state index contributed by atoms with van der Waals surface area (Å²) in [6.45, 7) is 0.657. The SMILES string of the molecule is N/C=C(\C=NI)c1cc(C(=O)N2C3CCC2CC(F)(C2=CC=CCN2)C3)cs1. The number of hydrogen-bond donors (Lipinski definition) is 2. The largest absolute Gasteiger partial charge is 0.404 e. The fraction of sp³-hybridized carbons (Fsp3) is 0.400. The third kappa shape index (κ3) is 3.52. The lowest BCUT2D eigenvalue weighted by Crippen LogP contribution is -2.53. The molecular weight excluding hydrogens is 490 g/mol. The molecule has 1 aromatic rings. The highest BCUT2D eigenvalue weighted by molar-refractivity contribution is 14.1. The van der Waals surface area contributed by atoms with E-state index in [1.807, 2.05) is 57.4 Å². The Bertz CT molecular complexity index is 877. The van der Waals surface area contributed by atoms with Crippen LogP contribution in [0, 0.1) is 0 Å². The average molecular weight is 512 g/mol. The van der Waals surface area contributed by atoms with E-state index in [9.17, 15) is 4.79 Å². The molecule has 0 aromatic carbocycles. The van der Waals surface area contributed by atoms with Gasteiger partial charge in [-0.3, -0.25) is 4.79 Å². The van der Waals surface area contributed by atoms with Gasteiger partial charge in [-0.1, -0.05) is 12.2 Å². The first kappa shape index (κ1) is 19.6. The summed E-state index contributed by atoms with van der Waals surface area (Å²) in [5, 5.41) is 5.03. The normalized spacial score (nSPS) is 29.9. The second kappa shape index (κ2) is 7.98. The molecule has 4 rings (SSSR count). The van der Waals surface area contributed by atoms with E-state index in [0.717, 1.165) is 23.3 Å². The van der Waals surface area contributed by atoms with Crippen LogP contribution in [-0.4, -0.2) is 41.3 Å². The van der Waals surface area contributed by atoms with E-state index in [0.29, 0.717) is 30.6 Å². The minimum atomic E-state index is -1.38. The standard InChI is InChI=1S/C20H22FIN4OS/c21-20(18-3-1-2-6-24-18)8-15-4-5-16(9-20)26(15)19(27)13-7-17(28-12-13)14(10-23)11-25-22/h1-3,7,10-12,15-16,24H,4-6,8-9,23H2/b14-10+,25-11?. The van der Waals surface area contributed by atoms with E-state index in [-0.39, 0.29) is 18.0 Å². The van der Waals surface area contributed by atoms with E-state index in [2.05, 4.69) is 8.52 Å². The zero-order valence-electron chi connectivity index (χ0n) is 15.3. The van der Waals surface area contributed by atoms with E-state index in [1.165, 1.54) is 17.5 Å². The van der Waals surface area contributed by atoms with Crippen molar-refractivity contribution < 1.29 is 9.18 Å². The molecule has 0 saturated carbocycles. The summed E-state index contributed by atoms with van der Waals surface area (Å²) in [5.74, 6) is -0.00897. The molecule has 4 heterocycles. The van der Waals surface area contributed by atoms with Gasteiger partial charge in [-0.25, -0.2) is 7.60 Å². The smallest absolute Gasteiger partial charge is 0.255 e. The van der Waals surface area contributed by atoms with Crippen LogP contribution in [0.5, 0.6) is 0 Å². The van der Waals surface area contributed by atoms with Crippen LogP contribution >= 0.6 is 34.2 Å². The number of fused-ring (bicyclic) bond motifs is 2. The molecule has 0 spiro atoms. The first-order valence-electron chi connectivity index (χ1n) is 9.33. The lowest BCUT2D eigenvalue weighted by atomic mass is 9.84. The molecule has 3 aliphatic heterocycles. The van der Waals surface area contributed by atoms with E-state index in [1.54, 1.807) is 6.21 Å². The van der Waals surface area contributed by atoms with Gasteiger partial charge in [-0.2, -0.15) is 0 Å². The molecule has 2 bridgehead atoms. The minimum Gasteiger partial charge on any atom is -0.404 e. The number of rotatable bonds is 4. The van der Waals surface area contributed by atoms with Crippen molar-refractivity contribution in [1.29, 1.82) is 0 Å². The van der Waals surface area contributed by atoms with Crippen molar-refractivity contribution in [3.63, 3.8) is 0 Å². The van der Waals surface area contributed by atoms with Crippen molar-refractivity contribution in [2.75, 3.05) is 6.54 Å². The number of thiophene rings is 1. The summed E-state index contributed by atoms with van der Waals surface area (Å²) < 4.78 is 19.7. The summed E-state index contributed by atoms with van der Waals surface area (Å²) in [5.41, 5.74) is 6.38. The Morgan fingerprint density at radius 1 is 1.43 bits per heavy atom. The quantitative estimate of drug-likeness (QED) is 0.474. The van der Waals surface area contributed by atoms with Crippen molar-refractivity contribution in [1.82, 2.24) is 10.2 Å². The maximum Gasteiger partial charge on any atom is 0.255 e. The van der Waals surface area contributed by atoms with Crippen LogP contribution < -0.4 is 11.1 Å². The summed E-state index contributed by atoms with van der Waals surface area (Å²) in [6, 6.07) is 1.74. The molecule has 2 atom stereocenters.